The molecule has 12 atom stereocenters. The minimum atomic E-state index is -0.746. The van der Waals surface area contributed by atoms with Gasteiger partial charge in [0.25, 0.3) is 0 Å². The molecule has 6 fully saturated rings. The third kappa shape index (κ3) is 3.43. The van der Waals surface area contributed by atoms with Gasteiger partial charge in [0.2, 0.25) is 0 Å². The summed E-state index contributed by atoms with van der Waals surface area (Å²) in [5, 5.41) is 0. The highest BCUT2D eigenvalue weighted by molar-refractivity contribution is 9.26. The second kappa shape index (κ2) is 8.51. The summed E-state index contributed by atoms with van der Waals surface area (Å²) in [5.41, 5.74) is -0.413. The van der Waals surface area contributed by atoms with Crippen molar-refractivity contribution in [3.63, 3.8) is 0 Å². The van der Waals surface area contributed by atoms with Gasteiger partial charge in [-0.15, -0.1) is 0 Å². The Morgan fingerprint density at radius 1 is 1.06 bits per heavy atom. The van der Waals surface area contributed by atoms with Crippen LogP contribution in [0.25, 0.3) is 0 Å². The van der Waals surface area contributed by atoms with E-state index in [4.69, 9.17) is 14.2 Å². The lowest BCUT2D eigenvalue weighted by Crippen LogP contribution is -2.66. The predicted octanol–water partition coefficient (Wildman–Crippen LogP) is 6.64. The number of ketones is 1. The zero-order valence-electron chi connectivity index (χ0n) is 22.4. The van der Waals surface area contributed by atoms with Crippen molar-refractivity contribution in [2.24, 2.45) is 52.3 Å². The fourth-order valence-electron chi connectivity index (χ4n) is 10.4. The number of esters is 1. The summed E-state index contributed by atoms with van der Waals surface area (Å²) in [7, 11) is 0. The standard InChI is InChI=1S/C29H42Br2O5/c1-15-8-11-28(34-14-15)16(2)23-22(36-28)13-21-20-7-6-18-12-19(35-17(3)32)9-10-26(18,4)24(20)29(30,31)25(33)27(21,23)5/h15-16,18-24H,6-14H2,1-5H3/t15-,16-,18-,19+,20+,21-,22-,23+,24-,26-,27+,28+/m0/s1. The first-order valence-electron chi connectivity index (χ1n) is 14.3. The molecule has 5 nitrogen and oxygen atoms in total. The minimum Gasteiger partial charge on any atom is -0.463 e. The highest BCUT2D eigenvalue weighted by Crippen LogP contribution is 2.74. The molecule has 0 radical (unpaired) electrons. The van der Waals surface area contributed by atoms with Crippen LogP contribution in [0.2, 0.25) is 0 Å². The molecule has 0 aromatic heterocycles. The summed E-state index contributed by atoms with van der Waals surface area (Å²) >= 11 is 8.09. The average Bonchev–Trinajstić information content (AvgIpc) is 3.25. The molecule has 6 aliphatic rings. The number of alkyl halides is 2. The molecule has 7 heteroatoms. The Hall–Kier alpha value is 0.0200. The molecule has 6 rings (SSSR count). The number of hydrogen-bond acceptors (Lipinski definition) is 5. The number of halogens is 2. The first-order chi connectivity index (χ1) is 16.8. The van der Waals surface area contributed by atoms with E-state index in [1.807, 2.05) is 0 Å². The minimum absolute atomic E-state index is 0.0104. The van der Waals surface area contributed by atoms with Gasteiger partial charge in [-0.1, -0.05) is 59.6 Å². The van der Waals surface area contributed by atoms with E-state index in [9.17, 15) is 9.59 Å². The van der Waals surface area contributed by atoms with Crippen LogP contribution >= 0.6 is 31.9 Å². The SMILES string of the molecule is CC(=O)O[C@@H]1CC[C@@]2(C)[C@@H](CC[C@H]3[C@@H]2C(Br)(Br)C(=O)[C@@]2(C)[C@H]4[C@H](C[C@@H]32)O[C@]2(CC[C@H](C)CO2)[C@H]4C)C1. The van der Waals surface area contributed by atoms with Gasteiger partial charge in [-0.2, -0.15) is 0 Å². The topological polar surface area (TPSA) is 61.8 Å². The van der Waals surface area contributed by atoms with Gasteiger partial charge in [0.1, 0.15) is 9.34 Å². The van der Waals surface area contributed by atoms with Gasteiger partial charge in [0, 0.05) is 30.6 Å². The average molecular weight is 630 g/mol. The van der Waals surface area contributed by atoms with Crippen molar-refractivity contribution in [2.75, 3.05) is 6.61 Å². The molecular weight excluding hydrogens is 588 g/mol. The van der Waals surface area contributed by atoms with Gasteiger partial charge in [-0.05, 0) is 80.0 Å². The molecule has 4 saturated carbocycles. The number of Topliss-reactive ketones (excluding diaryl/α,β-unsaturated/α-hetero) is 1. The molecule has 36 heavy (non-hydrogen) atoms. The number of hydrogen-bond donors (Lipinski definition) is 0. The van der Waals surface area contributed by atoms with E-state index in [0.29, 0.717) is 29.5 Å². The van der Waals surface area contributed by atoms with Crippen molar-refractivity contribution in [3.05, 3.63) is 0 Å². The number of fused-ring (bicyclic) bond motifs is 7. The Kier molecular flexibility index (Phi) is 6.20. The highest BCUT2D eigenvalue weighted by atomic mass is 79.9. The first kappa shape index (κ1) is 26.3. The smallest absolute Gasteiger partial charge is 0.302 e. The largest absolute Gasteiger partial charge is 0.463 e. The van der Waals surface area contributed by atoms with Crippen LogP contribution in [0, 0.1) is 52.3 Å². The summed E-state index contributed by atoms with van der Waals surface area (Å²) in [4.78, 5) is 26.3. The monoisotopic (exact) mass is 628 g/mol. The summed E-state index contributed by atoms with van der Waals surface area (Å²) < 4.78 is 18.2. The molecule has 202 valence electrons. The van der Waals surface area contributed by atoms with E-state index in [2.05, 4.69) is 59.6 Å². The molecule has 0 bridgehead atoms. The maximum absolute atomic E-state index is 14.7. The van der Waals surface area contributed by atoms with Crippen molar-refractivity contribution in [2.45, 2.75) is 107 Å². The van der Waals surface area contributed by atoms with E-state index < -0.39 is 14.4 Å². The van der Waals surface area contributed by atoms with Crippen LogP contribution in [-0.4, -0.2) is 39.6 Å². The van der Waals surface area contributed by atoms with E-state index >= 15 is 0 Å². The maximum Gasteiger partial charge on any atom is 0.302 e. The third-order valence-corrected chi connectivity index (χ3v) is 13.7. The lowest BCUT2D eigenvalue weighted by atomic mass is 9.44. The van der Waals surface area contributed by atoms with Gasteiger partial charge in [0.15, 0.2) is 11.6 Å². The Labute approximate surface area is 232 Å². The lowest BCUT2D eigenvalue weighted by molar-refractivity contribution is -0.272. The van der Waals surface area contributed by atoms with E-state index in [1.165, 1.54) is 6.92 Å². The molecule has 2 aliphatic heterocycles. The predicted molar refractivity (Wildman–Crippen MR) is 144 cm³/mol. The second-order valence-electron chi connectivity index (χ2n) is 13.7. The van der Waals surface area contributed by atoms with Crippen LogP contribution in [0.15, 0.2) is 0 Å². The summed E-state index contributed by atoms with van der Waals surface area (Å²) in [5.74, 6) is 2.03. The summed E-state index contributed by atoms with van der Waals surface area (Å²) in [6.45, 7) is 11.5. The number of carbonyl (C=O) groups excluding carboxylic acids is 2. The van der Waals surface area contributed by atoms with Gasteiger partial charge in [0.05, 0.1) is 12.7 Å². The van der Waals surface area contributed by atoms with Gasteiger partial charge >= 0.3 is 5.97 Å². The molecule has 2 saturated heterocycles. The van der Waals surface area contributed by atoms with E-state index in [1.54, 1.807) is 0 Å². The Bertz CT molecular complexity index is 944. The molecule has 0 aromatic carbocycles. The lowest BCUT2D eigenvalue weighted by Gasteiger charge is -2.64. The quantitative estimate of drug-likeness (QED) is 0.240. The van der Waals surface area contributed by atoms with Crippen LogP contribution in [-0.2, 0) is 23.8 Å². The van der Waals surface area contributed by atoms with Gasteiger partial charge in [-0.25, -0.2) is 0 Å². The third-order valence-electron chi connectivity index (χ3n) is 12.0. The molecule has 0 N–H and O–H groups in total. The van der Waals surface area contributed by atoms with Crippen molar-refractivity contribution in [3.8, 4) is 0 Å². The number of ether oxygens (including phenoxy) is 3. The van der Waals surface area contributed by atoms with Crippen LogP contribution in [0.3, 0.4) is 0 Å². The molecule has 0 aromatic rings. The number of rotatable bonds is 1. The van der Waals surface area contributed by atoms with E-state index in [-0.39, 0.29) is 41.3 Å². The van der Waals surface area contributed by atoms with Crippen molar-refractivity contribution < 1.29 is 23.8 Å². The van der Waals surface area contributed by atoms with Gasteiger partial charge in [-0.3, -0.25) is 9.59 Å². The van der Waals surface area contributed by atoms with Crippen molar-refractivity contribution in [1.82, 2.24) is 0 Å². The van der Waals surface area contributed by atoms with Crippen molar-refractivity contribution >= 4 is 43.6 Å². The molecule has 0 amide bonds. The summed E-state index contributed by atoms with van der Waals surface area (Å²) in [6, 6.07) is 0. The Morgan fingerprint density at radius 3 is 2.47 bits per heavy atom. The van der Waals surface area contributed by atoms with Crippen LogP contribution in [0.1, 0.15) is 86.0 Å². The van der Waals surface area contributed by atoms with Crippen molar-refractivity contribution in [1.29, 1.82) is 0 Å². The fourth-order valence-corrected chi connectivity index (χ4v) is 13.0. The molecular formula is C29H42Br2O5. The number of carbonyl (C=O) groups is 2. The Morgan fingerprint density at radius 2 is 1.81 bits per heavy atom. The second-order valence-corrected chi connectivity index (χ2v) is 17.3. The molecule has 1 spiro atoms. The normalized spacial score (nSPS) is 55.4. The van der Waals surface area contributed by atoms with Crippen LogP contribution in [0.5, 0.6) is 0 Å². The van der Waals surface area contributed by atoms with Crippen LogP contribution in [0.4, 0.5) is 0 Å². The highest BCUT2D eigenvalue weighted by Gasteiger charge is 2.76. The fraction of sp³-hybridized carbons (Fsp3) is 0.931. The Balaban J connectivity index is 1.32. The van der Waals surface area contributed by atoms with Crippen LogP contribution < -0.4 is 0 Å². The molecule has 2 heterocycles. The van der Waals surface area contributed by atoms with Gasteiger partial charge < -0.3 is 14.2 Å². The molecule has 4 aliphatic carbocycles. The summed E-state index contributed by atoms with van der Waals surface area (Å²) in [6.07, 6.45) is 8.16. The first-order valence-corrected chi connectivity index (χ1v) is 15.8. The molecule has 0 unspecified atom stereocenters. The van der Waals surface area contributed by atoms with E-state index in [0.717, 1.165) is 58.0 Å². The zero-order chi connectivity index (χ0) is 25.8. The maximum atomic E-state index is 14.7. The zero-order valence-corrected chi connectivity index (χ0v) is 25.5.